The van der Waals surface area contributed by atoms with E-state index in [1.54, 1.807) is 36.7 Å². The number of carbonyl (C=O) groups is 1. The van der Waals surface area contributed by atoms with Gasteiger partial charge >= 0.3 is 0 Å². The minimum atomic E-state index is -0.320. The number of nitrogens with zero attached hydrogens (tertiary/aromatic N) is 1. The van der Waals surface area contributed by atoms with Crippen molar-refractivity contribution in [1.82, 2.24) is 4.90 Å². The summed E-state index contributed by atoms with van der Waals surface area (Å²) in [6.07, 6.45) is 2.03. The highest BCUT2D eigenvalue weighted by Gasteiger charge is 2.14. The van der Waals surface area contributed by atoms with E-state index in [9.17, 15) is 9.18 Å². The van der Waals surface area contributed by atoms with Crippen LogP contribution in [0.25, 0.3) is 0 Å². The molecule has 0 bridgehead atoms. The number of amides is 1. The van der Waals surface area contributed by atoms with Crippen LogP contribution in [0.1, 0.15) is 21.5 Å². The van der Waals surface area contributed by atoms with Crippen molar-refractivity contribution in [1.29, 1.82) is 0 Å². The molecule has 0 N–H and O–H groups in total. The van der Waals surface area contributed by atoms with E-state index >= 15 is 0 Å². The molecule has 2 aromatic rings. The Morgan fingerprint density at radius 1 is 1.19 bits per heavy atom. The van der Waals surface area contributed by atoms with Gasteiger partial charge in [-0.2, -0.15) is 0 Å². The van der Waals surface area contributed by atoms with Crippen molar-refractivity contribution >= 4 is 17.7 Å². The number of thioether (sulfide) groups is 1. The maximum Gasteiger partial charge on any atom is 0.254 e. The van der Waals surface area contributed by atoms with Gasteiger partial charge in [-0.15, -0.1) is 11.8 Å². The molecule has 0 fully saturated rings. The predicted octanol–water partition coefficient (Wildman–Crippen LogP) is 4.13. The fourth-order valence-electron chi connectivity index (χ4n) is 2.15. The Hall–Kier alpha value is -1.81. The van der Waals surface area contributed by atoms with Crippen molar-refractivity contribution in [3.05, 3.63) is 65.0 Å². The van der Waals surface area contributed by atoms with Crippen LogP contribution in [0, 0.1) is 12.7 Å². The molecule has 0 radical (unpaired) electrons. The average molecular weight is 303 g/mol. The second-order valence-electron chi connectivity index (χ2n) is 4.97. The van der Waals surface area contributed by atoms with Gasteiger partial charge in [0.25, 0.3) is 5.91 Å². The van der Waals surface area contributed by atoms with Crippen LogP contribution in [0.15, 0.2) is 47.4 Å². The zero-order valence-corrected chi connectivity index (χ0v) is 13.2. The molecule has 0 aromatic heterocycles. The lowest BCUT2D eigenvalue weighted by Gasteiger charge is -2.18. The van der Waals surface area contributed by atoms with Gasteiger partial charge in [0.2, 0.25) is 0 Å². The number of aryl methyl sites for hydroxylation is 1. The van der Waals surface area contributed by atoms with Gasteiger partial charge in [-0.25, -0.2) is 4.39 Å². The molecular formula is C17H18FNOS. The highest BCUT2D eigenvalue weighted by atomic mass is 32.2. The summed E-state index contributed by atoms with van der Waals surface area (Å²) >= 11 is 1.69. The Morgan fingerprint density at radius 2 is 1.86 bits per heavy atom. The van der Waals surface area contributed by atoms with Crippen molar-refractivity contribution in [3.8, 4) is 0 Å². The van der Waals surface area contributed by atoms with Crippen molar-refractivity contribution in [2.75, 3.05) is 13.3 Å². The van der Waals surface area contributed by atoms with Crippen molar-refractivity contribution in [3.63, 3.8) is 0 Å². The van der Waals surface area contributed by atoms with Crippen molar-refractivity contribution in [2.24, 2.45) is 0 Å². The molecule has 110 valence electrons. The molecule has 0 aliphatic carbocycles. The predicted molar refractivity (Wildman–Crippen MR) is 85.2 cm³/mol. The number of hydrogen-bond donors (Lipinski definition) is 0. The molecule has 0 unspecified atom stereocenters. The summed E-state index contributed by atoms with van der Waals surface area (Å²) in [4.78, 5) is 15.2. The van der Waals surface area contributed by atoms with Gasteiger partial charge in [-0.1, -0.05) is 12.1 Å². The number of rotatable bonds is 4. The summed E-state index contributed by atoms with van der Waals surface area (Å²) in [5.41, 5.74) is 2.27. The minimum Gasteiger partial charge on any atom is -0.337 e. The summed E-state index contributed by atoms with van der Waals surface area (Å²) < 4.78 is 13.1. The zero-order valence-electron chi connectivity index (χ0n) is 12.4. The molecule has 2 aromatic carbocycles. The molecule has 0 saturated carbocycles. The number of hydrogen-bond acceptors (Lipinski definition) is 2. The Bertz CT molecular complexity index is 640. The third-order valence-electron chi connectivity index (χ3n) is 3.34. The quantitative estimate of drug-likeness (QED) is 0.792. The molecule has 2 nitrogen and oxygen atoms in total. The Kier molecular flexibility index (Phi) is 5.02. The second kappa shape index (κ2) is 6.76. The van der Waals surface area contributed by atoms with Crippen molar-refractivity contribution in [2.45, 2.75) is 18.4 Å². The third kappa shape index (κ3) is 3.85. The maximum atomic E-state index is 13.1. The average Bonchev–Trinajstić information content (AvgIpc) is 2.47. The van der Waals surface area contributed by atoms with E-state index in [0.717, 1.165) is 5.56 Å². The van der Waals surface area contributed by atoms with E-state index in [2.05, 4.69) is 0 Å². The lowest BCUT2D eigenvalue weighted by Crippen LogP contribution is -2.26. The van der Waals surface area contributed by atoms with Crippen molar-refractivity contribution < 1.29 is 9.18 Å². The van der Waals surface area contributed by atoms with Gasteiger partial charge < -0.3 is 4.90 Å². The molecule has 1 amide bonds. The van der Waals surface area contributed by atoms with Crippen LogP contribution >= 0.6 is 11.8 Å². The van der Waals surface area contributed by atoms with Crippen LogP contribution < -0.4 is 0 Å². The second-order valence-corrected chi connectivity index (χ2v) is 5.85. The zero-order chi connectivity index (χ0) is 15.4. The van der Waals surface area contributed by atoms with E-state index in [4.69, 9.17) is 0 Å². The van der Waals surface area contributed by atoms with Crippen LogP contribution in [0.5, 0.6) is 0 Å². The molecule has 2 rings (SSSR count). The topological polar surface area (TPSA) is 20.3 Å². The third-order valence-corrected chi connectivity index (χ3v) is 4.09. The van der Waals surface area contributed by atoms with E-state index in [-0.39, 0.29) is 11.7 Å². The highest BCUT2D eigenvalue weighted by molar-refractivity contribution is 7.98. The van der Waals surface area contributed by atoms with Gasteiger partial charge in [-0.3, -0.25) is 4.79 Å². The molecular weight excluding hydrogens is 285 g/mol. The largest absolute Gasteiger partial charge is 0.337 e. The first-order valence-electron chi connectivity index (χ1n) is 6.66. The summed E-state index contributed by atoms with van der Waals surface area (Å²) in [7, 11) is 1.76. The molecule has 21 heavy (non-hydrogen) atoms. The standard InChI is InChI=1S/C17H18FNOS/c1-12-10-14(18)6-9-16(12)17(20)19(2)11-13-4-7-15(21-3)8-5-13/h4-10H,11H2,1-3H3. The SMILES string of the molecule is CSc1ccc(CN(C)C(=O)c2ccc(F)cc2C)cc1. The first kappa shape index (κ1) is 15.6. The number of carbonyl (C=O) groups excluding carboxylic acids is 1. The maximum absolute atomic E-state index is 13.1. The van der Waals surface area contributed by atoms with Crippen LogP contribution in [0.2, 0.25) is 0 Å². The summed E-state index contributed by atoms with van der Waals surface area (Å²) in [6, 6.07) is 12.4. The Labute approximate surface area is 129 Å². The normalized spacial score (nSPS) is 10.5. The monoisotopic (exact) mass is 303 g/mol. The van der Waals surface area contributed by atoms with E-state index in [1.807, 2.05) is 30.5 Å². The summed E-state index contributed by atoms with van der Waals surface area (Å²) in [5.74, 6) is -0.416. The van der Waals surface area contributed by atoms with Crippen LogP contribution in [0.3, 0.4) is 0 Å². The number of benzene rings is 2. The highest BCUT2D eigenvalue weighted by Crippen LogP contribution is 2.17. The Morgan fingerprint density at radius 3 is 2.43 bits per heavy atom. The molecule has 0 saturated heterocycles. The van der Waals surface area contributed by atoms with Crippen LogP contribution in [0.4, 0.5) is 4.39 Å². The van der Waals surface area contributed by atoms with E-state index in [1.165, 1.54) is 17.0 Å². The van der Waals surface area contributed by atoms with E-state index < -0.39 is 0 Å². The van der Waals surface area contributed by atoms with Gasteiger partial charge in [0, 0.05) is 24.1 Å². The van der Waals surface area contributed by atoms with Gasteiger partial charge in [-0.05, 0) is 54.6 Å². The van der Waals surface area contributed by atoms with E-state index in [0.29, 0.717) is 17.7 Å². The number of halogens is 1. The minimum absolute atomic E-state index is 0.0959. The Balaban J connectivity index is 2.11. The summed E-state index contributed by atoms with van der Waals surface area (Å²) in [5, 5.41) is 0. The lowest BCUT2D eigenvalue weighted by atomic mass is 10.1. The van der Waals surface area contributed by atoms with Gasteiger partial charge in [0.1, 0.15) is 5.82 Å². The summed E-state index contributed by atoms with van der Waals surface area (Å²) in [6.45, 7) is 2.28. The molecule has 0 aliphatic heterocycles. The lowest BCUT2D eigenvalue weighted by molar-refractivity contribution is 0.0784. The first-order chi connectivity index (χ1) is 10.0. The van der Waals surface area contributed by atoms with Crippen LogP contribution in [-0.4, -0.2) is 24.1 Å². The molecule has 0 atom stereocenters. The molecule has 0 heterocycles. The fraction of sp³-hybridized carbons (Fsp3) is 0.235. The van der Waals surface area contributed by atoms with Gasteiger partial charge in [0.05, 0.1) is 0 Å². The smallest absolute Gasteiger partial charge is 0.254 e. The first-order valence-corrected chi connectivity index (χ1v) is 7.88. The molecule has 0 spiro atoms. The molecule has 4 heteroatoms. The van der Waals surface area contributed by atoms with Gasteiger partial charge in [0.15, 0.2) is 0 Å². The van der Waals surface area contributed by atoms with Crippen LogP contribution in [-0.2, 0) is 6.54 Å². The fourth-order valence-corrected chi connectivity index (χ4v) is 2.56. The molecule has 0 aliphatic rings.